The van der Waals surface area contributed by atoms with Gasteiger partial charge in [-0.2, -0.15) is 0 Å². The van der Waals surface area contributed by atoms with Crippen LogP contribution in [0.25, 0.3) is 0 Å². The second-order valence-corrected chi connectivity index (χ2v) is 4.83. The topological polar surface area (TPSA) is 55.4 Å². The van der Waals surface area contributed by atoms with E-state index in [1.54, 1.807) is 30.3 Å². The van der Waals surface area contributed by atoms with Gasteiger partial charge in [0.1, 0.15) is 0 Å². The Labute approximate surface area is 124 Å². The molecule has 2 rings (SSSR count). The number of benzene rings is 2. The number of carbonyl (C=O) groups is 2. The van der Waals surface area contributed by atoms with Gasteiger partial charge in [-0.25, -0.2) is 4.79 Å². The fourth-order valence-corrected chi connectivity index (χ4v) is 2.11. The van der Waals surface area contributed by atoms with Crippen LogP contribution in [0.15, 0.2) is 53.0 Å². The molecule has 0 spiro atoms. The number of carbonyl (C=O) groups excluding carboxylic acids is 2. The molecule has 2 aromatic rings. The summed E-state index contributed by atoms with van der Waals surface area (Å²) in [5, 5.41) is 2.75. The van der Waals surface area contributed by atoms with Crippen LogP contribution >= 0.6 is 15.9 Å². The van der Waals surface area contributed by atoms with E-state index in [4.69, 9.17) is 0 Å². The maximum atomic E-state index is 12.3. The minimum Gasteiger partial charge on any atom is -0.465 e. The van der Waals surface area contributed by atoms with Crippen molar-refractivity contribution in [1.29, 1.82) is 0 Å². The van der Waals surface area contributed by atoms with Gasteiger partial charge in [0.25, 0.3) is 5.91 Å². The van der Waals surface area contributed by atoms with Crippen molar-refractivity contribution in [3.63, 3.8) is 0 Å². The fourth-order valence-electron chi connectivity index (χ4n) is 1.72. The third-order valence-corrected chi connectivity index (χ3v) is 3.39. The molecule has 5 heteroatoms. The zero-order valence-corrected chi connectivity index (χ0v) is 12.3. The molecular formula is C15H12BrNO3. The molecule has 0 atom stereocenters. The first kappa shape index (κ1) is 14.3. The summed E-state index contributed by atoms with van der Waals surface area (Å²) in [6.45, 7) is 0. The number of halogens is 1. The van der Waals surface area contributed by atoms with Gasteiger partial charge in [0.2, 0.25) is 0 Å². The summed E-state index contributed by atoms with van der Waals surface area (Å²) in [7, 11) is 1.28. The van der Waals surface area contributed by atoms with E-state index in [9.17, 15) is 9.59 Å². The van der Waals surface area contributed by atoms with Crippen LogP contribution in [0.4, 0.5) is 5.69 Å². The molecule has 1 N–H and O–H groups in total. The monoisotopic (exact) mass is 333 g/mol. The van der Waals surface area contributed by atoms with Gasteiger partial charge in [-0.3, -0.25) is 4.79 Å². The summed E-state index contributed by atoms with van der Waals surface area (Å²) in [6.07, 6.45) is 0. The normalized spacial score (nSPS) is 9.90. The Bertz CT molecular complexity index is 655. The van der Waals surface area contributed by atoms with Crippen LogP contribution in [0.1, 0.15) is 20.7 Å². The van der Waals surface area contributed by atoms with Crippen molar-refractivity contribution in [2.45, 2.75) is 0 Å². The zero-order valence-electron chi connectivity index (χ0n) is 10.7. The number of nitrogens with one attached hydrogen (secondary N) is 1. The Balaban J connectivity index is 2.31. The lowest BCUT2D eigenvalue weighted by molar-refractivity contribution is 0.0597. The van der Waals surface area contributed by atoms with Crippen LogP contribution in [0.3, 0.4) is 0 Å². The molecule has 0 saturated carbocycles. The Morgan fingerprint density at radius 3 is 2.25 bits per heavy atom. The van der Waals surface area contributed by atoms with Crippen LogP contribution in [-0.2, 0) is 4.74 Å². The second kappa shape index (κ2) is 6.34. The lowest BCUT2D eigenvalue weighted by Crippen LogP contribution is -2.17. The Kier molecular flexibility index (Phi) is 4.53. The van der Waals surface area contributed by atoms with Crippen LogP contribution in [0, 0.1) is 0 Å². The minimum absolute atomic E-state index is 0.236. The number of ether oxygens (including phenoxy) is 1. The Morgan fingerprint density at radius 1 is 1.00 bits per heavy atom. The molecule has 102 valence electrons. The average molecular weight is 334 g/mol. The number of rotatable bonds is 3. The predicted molar refractivity (Wildman–Crippen MR) is 79.9 cm³/mol. The van der Waals surface area contributed by atoms with Crippen molar-refractivity contribution in [2.75, 3.05) is 12.4 Å². The lowest BCUT2D eigenvalue weighted by Gasteiger charge is -2.10. The van der Waals surface area contributed by atoms with Gasteiger partial charge in [0.05, 0.1) is 23.9 Å². The number of anilines is 1. The average Bonchev–Trinajstić information content (AvgIpc) is 2.48. The van der Waals surface area contributed by atoms with Crippen molar-refractivity contribution >= 4 is 33.5 Å². The van der Waals surface area contributed by atoms with Crippen molar-refractivity contribution < 1.29 is 14.3 Å². The summed E-state index contributed by atoms with van der Waals surface area (Å²) in [5.74, 6) is -0.902. The highest BCUT2D eigenvalue weighted by Crippen LogP contribution is 2.22. The molecule has 20 heavy (non-hydrogen) atoms. The molecule has 0 fully saturated rings. The maximum absolute atomic E-state index is 12.3. The van der Waals surface area contributed by atoms with Gasteiger partial charge in [-0.05, 0) is 40.2 Å². The number of methoxy groups -OCH3 is 1. The van der Waals surface area contributed by atoms with E-state index in [1.165, 1.54) is 7.11 Å². The van der Waals surface area contributed by atoms with Gasteiger partial charge in [0.15, 0.2) is 0 Å². The highest BCUT2D eigenvalue weighted by atomic mass is 79.9. The molecule has 0 aliphatic carbocycles. The molecule has 4 nitrogen and oxygen atoms in total. The largest absolute Gasteiger partial charge is 0.465 e. The fraction of sp³-hybridized carbons (Fsp3) is 0.0667. The summed E-state index contributed by atoms with van der Waals surface area (Å²) in [6, 6.07) is 13.8. The van der Waals surface area contributed by atoms with E-state index < -0.39 is 5.97 Å². The van der Waals surface area contributed by atoms with Crippen molar-refractivity contribution in [1.82, 2.24) is 0 Å². The van der Waals surface area contributed by atoms with Gasteiger partial charge >= 0.3 is 5.97 Å². The summed E-state index contributed by atoms with van der Waals surface area (Å²) in [5.41, 5.74) is 1.15. The van der Waals surface area contributed by atoms with Gasteiger partial charge in [0, 0.05) is 4.47 Å². The molecule has 0 unspecified atom stereocenters. The molecule has 0 bridgehead atoms. The SMILES string of the molecule is COC(=O)c1ccccc1C(=O)Nc1ccccc1Br. The molecule has 0 aromatic heterocycles. The van der Waals surface area contributed by atoms with E-state index in [-0.39, 0.29) is 17.0 Å². The van der Waals surface area contributed by atoms with Crippen LogP contribution in [-0.4, -0.2) is 19.0 Å². The van der Waals surface area contributed by atoms with Gasteiger partial charge in [-0.1, -0.05) is 24.3 Å². The molecule has 0 aliphatic heterocycles. The number of hydrogen-bond donors (Lipinski definition) is 1. The second-order valence-electron chi connectivity index (χ2n) is 3.97. The number of amides is 1. The van der Waals surface area contributed by atoms with Gasteiger partial charge in [-0.15, -0.1) is 0 Å². The summed E-state index contributed by atoms with van der Waals surface area (Å²) in [4.78, 5) is 23.9. The molecular weight excluding hydrogens is 322 g/mol. The van der Waals surface area contributed by atoms with Crippen LogP contribution in [0.5, 0.6) is 0 Å². The molecule has 1 amide bonds. The minimum atomic E-state index is -0.539. The molecule has 2 aromatic carbocycles. The van der Waals surface area contributed by atoms with Crippen molar-refractivity contribution in [3.05, 3.63) is 64.1 Å². The van der Waals surface area contributed by atoms with Crippen LogP contribution < -0.4 is 5.32 Å². The first-order chi connectivity index (χ1) is 9.63. The lowest BCUT2D eigenvalue weighted by atomic mass is 10.1. The Hall–Kier alpha value is -2.14. The standard InChI is InChI=1S/C15H12BrNO3/c1-20-15(19)11-7-3-2-6-10(11)14(18)17-13-9-5-4-8-12(13)16/h2-9H,1H3,(H,17,18). The molecule has 0 aliphatic rings. The maximum Gasteiger partial charge on any atom is 0.338 e. The molecule has 0 saturated heterocycles. The number of para-hydroxylation sites is 1. The highest BCUT2D eigenvalue weighted by Gasteiger charge is 2.17. The van der Waals surface area contributed by atoms with Crippen molar-refractivity contribution in [2.24, 2.45) is 0 Å². The summed E-state index contributed by atoms with van der Waals surface area (Å²) >= 11 is 3.35. The number of hydrogen-bond acceptors (Lipinski definition) is 3. The van der Waals surface area contributed by atoms with Gasteiger partial charge < -0.3 is 10.1 Å². The smallest absolute Gasteiger partial charge is 0.338 e. The van der Waals surface area contributed by atoms with Crippen LogP contribution in [0.2, 0.25) is 0 Å². The first-order valence-corrected chi connectivity index (χ1v) is 6.66. The van der Waals surface area contributed by atoms with E-state index >= 15 is 0 Å². The first-order valence-electron chi connectivity index (χ1n) is 5.86. The highest BCUT2D eigenvalue weighted by molar-refractivity contribution is 9.10. The van der Waals surface area contributed by atoms with E-state index in [1.807, 2.05) is 18.2 Å². The van der Waals surface area contributed by atoms with Crippen molar-refractivity contribution in [3.8, 4) is 0 Å². The molecule has 0 heterocycles. The zero-order chi connectivity index (χ0) is 14.5. The molecule has 0 radical (unpaired) electrons. The van der Waals surface area contributed by atoms with E-state index in [0.717, 1.165) is 4.47 Å². The van der Waals surface area contributed by atoms with E-state index in [0.29, 0.717) is 5.69 Å². The quantitative estimate of drug-likeness (QED) is 0.875. The number of esters is 1. The third-order valence-electron chi connectivity index (χ3n) is 2.70. The van der Waals surface area contributed by atoms with E-state index in [2.05, 4.69) is 26.0 Å². The Morgan fingerprint density at radius 2 is 1.60 bits per heavy atom. The summed E-state index contributed by atoms with van der Waals surface area (Å²) < 4.78 is 5.44. The predicted octanol–water partition coefficient (Wildman–Crippen LogP) is 3.49. The third kappa shape index (κ3) is 3.05.